The predicted molar refractivity (Wildman–Crippen MR) is 64.0 cm³/mol. The molecule has 3 nitrogen and oxygen atoms in total. The quantitative estimate of drug-likeness (QED) is 0.841. The molecule has 3 rings (SSSR count). The van der Waals surface area contributed by atoms with Gasteiger partial charge in [-0.15, -0.1) is 0 Å². The highest BCUT2D eigenvalue weighted by Gasteiger charge is 2.56. The van der Waals surface area contributed by atoms with E-state index in [1.165, 1.54) is 25.1 Å². The third kappa shape index (κ3) is 1.41. The molecule has 16 heavy (non-hydrogen) atoms. The van der Waals surface area contributed by atoms with E-state index in [4.69, 9.17) is 0 Å². The van der Waals surface area contributed by atoms with Crippen molar-refractivity contribution in [1.82, 2.24) is 14.9 Å². The predicted octanol–water partition coefficient (Wildman–Crippen LogP) is 2.21. The van der Waals surface area contributed by atoms with Crippen LogP contribution in [0.25, 0.3) is 0 Å². The van der Waals surface area contributed by atoms with Crippen LogP contribution in [0.2, 0.25) is 0 Å². The summed E-state index contributed by atoms with van der Waals surface area (Å²) < 4.78 is 2.27. The molecule has 3 atom stereocenters. The van der Waals surface area contributed by atoms with Crippen LogP contribution >= 0.6 is 0 Å². The fourth-order valence-electron chi connectivity index (χ4n) is 3.73. The zero-order valence-corrected chi connectivity index (χ0v) is 10.2. The van der Waals surface area contributed by atoms with Gasteiger partial charge in [0.2, 0.25) is 0 Å². The lowest BCUT2D eigenvalue weighted by molar-refractivity contribution is 0.413. The Hall–Kier alpha value is -0.830. The first-order valence-corrected chi connectivity index (χ1v) is 6.55. The summed E-state index contributed by atoms with van der Waals surface area (Å²) in [7, 11) is 2.08. The Bertz CT molecular complexity index is 361. The first kappa shape index (κ1) is 10.3. The van der Waals surface area contributed by atoms with Gasteiger partial charge in [-0.05, 0) is 44.6 Å². The molecule has 0 bridgehead atoms. The molecule has 0 spiro atoms. The van der Waals surface area contributed by atoms with Crippen LogP contribution in [0, 0.1) is 17.8 Å². The number of hydrogen-bond donors (Lipinski definition) is 1. The van der Waals surface area contributed by atoms with E-state index in [1.54, 1.807) is 0 Å². The summed E-state index contributed by atoms with van der Waals surface area (Å²) >= 11 is 0. The largest absolute Gasteiger partial charge is 0.334 e. The normalized spacial score (nSPS) is 33.8. The van der Waals surface area contributed by atoms with Crippen LogP contribution in [0.1, 0.15) is 38.1 Å². The molecular weight excluding hydrogens is 198 g/mol. The first-order valence-electron chi connectivity index (χ1n) is 6.55. The second-order valence-corrected chi connectivity index (χ2v) is 5.17. The third-order valence-electron chi connectivity index (χ3n) is 4.54. The molecule has 3 heteroatoms. The molecule has 1 aromatic heterocycles. The second kappa shape index (κ2) is 3.88. The summed E-state index contributed by atoms with van der Waals surface area (Å²) in [6, 6.07) is 0.477. The van der Waals surface area contributed by atoms with Crippen molar-refractivity contribution in [3.05, 3.63) is 18.2 Å². The number of nitrogens with one attached hydrogen (secondary N) is 1. The molecular formula is C13H21N3. The maximum absolute atomic E-state index is 4.55. The molecule has 2 saturated carbocycles. The lowest BCUT2D eigenvalue weighted by Gasteiger charge is -2.18. The number of aromatic nitrogens is 2. The van der Waals surface area contributed by atoms with Crippen molar-refractivity contribution in [2.75, 3.05) is 7.05 Å². The summed E-state index contributed by atoms with van der Waals surface area (Å²) in [5.74, 6) is 4.06. The minimum atomic E-state index is 0.477. The third-order valence-corrected chi connectivity index (χ3v) is 4.54. The Morgan fingerprint density at radius 1 is 1.50 bits per heavy atom. The van der Waals surface area contributed by atoms with E-state index < -0.39 is 0 Å². The van der Waals surface area contributed by atoms with E-state index in [9.17, 15) is 0 Å². The number of nitrogens with zero attached hydrogens (tertiary/aromatic N) is 2. The fraction of sp³-hybridized carbons (Fsp3) is 0.769. The van der Waals surface area contributed by atoms with Gasteiger partial charge in [0.25, 0.3) is 0 Å². The summed E-state index contributed by atoms with van der Waals surface area (Å²) in [6.45, 7) is 3.21. The van der Waals surface area contributed by atoms with Gasteiger partial charge >= 0.3 is 0 Å². The lowest BCUT2D eigenvalue weighted by atomic mass is 10.0. The lowest BCUT2D eigenvalue weighted by Crippen LogP contribution is -2.24. The van der Waals surface area contributed by atoms with Gasteiger partial charge in [-0.2, -0.15) is 0 Å². The molecule has 1 heterocycles. The highest BCUT2D eigenvalue weighted by Crippen LogP contribution is 2.61. The molecule has 3 unspecified atom stereocenters. The second-order valence-electron chi connectivity index (χ2n) is 5.17. The molecule has 0 aromatic carbocycles. The maximum Gasteiger partial charge on any atom is 0.126 e. The summed E-state index contributed by atoms with van der Waals surface area (Å²) in [5, 5.41) is 3.49. The smallest absolute Gasteiger partial charge is 0.126 e. The SMILES string of the molecule is CCn1ccnc1C(NC)C1C2CCCC21. The molecule has 0 amide bonds. The minimum Gasteiger partial charge on any atom is -0.334 e. The van der Waals surface area contributed by atoms with Crippen molar-refractivity contribution in [1.29, 1.82) is 0 Å². The molecule has 1 aromatic rings. The number of aryl methyl sites for hydroxylation is 1. The fourth-order valence-corrected chi connectivity index (χ4v) is 3.73. The van der Waals surface area contributed by atoms with E-state index in [0.29, 0.717) is 6.04 Å². The molecule has 2 fully saturated rings. The number of rotatable bonds is 4. The van der Waals surface area contributed by atoms with E-state index in [0.717, 1.165) is 24.3 Å². The zero-order valence-electron chi connectivity index (χ0n) is 10.2. The van der Waals surface area contributed by atoms with Crippen LogP contribution in [-0.4, -0.2) is 16.6 Å². The van der Waals surface area contributed by atoms with Crippen LogP contribution in [0.3, 0.4) is 0 Å². The molecule has 1 N–H and O–H groups in total. The Labute approximate surface area is 97.3 Å². The van der Waals surface area contributed by atoms with Gasteiger partial charge in [-0.25, -0.2) is 4.98 Å². The van der Waals surface area contributed by atoms with Crippen molar-refractivity contribution < 1.29 is 0 Å². The van der Waals surface area contributed by atoms with Gasteiger partial charge in [-0.3, -0.25) is 0 Å². The molecule has 0 aliphatic heterocycles. The van der Waals surface area contributed by atoms with Gasteiger partial charge in [-0.1, -0.05) is 6.42 Å². The van der Waals surface area contributed by atoms with Crippen molar-refractivity contribution >= 4 is 0 Å². The van der Waals surface area contributed by atoms with E-state index in [1.807, 2.05) is 6.20 Å². The minimum absolute atomic E-state index is 0.477. The maximum atomic E-state index is 4.55. The Morgan fingerprint density at radius 2 is 2.25 bits per heavy atom. The van der Waals surface area contributed by atoms with Crippen molar-refractivity contribution in [3.8, 4) is 0 Å². The van der Waals surface area contributed by atoms with Gasteiger partial charge in [0.1, 0.15) is 5.82 Å². The summed E-state index contributed by atoms with van der Waals surface area (Å²) in [4.78, 5) is 4.55. The molecule has 88 valence electrons. The van der Waals surface area contributed by atoms with Crippen molar-refractivity contribution in [3.63, 3.8) is 0 Å². The Kier molecular flexibility index (Phi) is 2.51. The Balaban J connectivity index is 1.81. The highest BCUT2D eigenvalue weighted by atomic mass is 15.1. The van der Waals surface area contributed by atoms with Crippen LogP contribution in [0.15, 0.2) is 12.4 Å². The van der Waals surface area contributed by atoms with Crippen LogP contribution in [0.4, 0.5) is 0 Å². The van der Waals surface area contributed by atoms with Crippen LogP contribution < -0.4 is 5.32 Å². The molecule has 0 radical (unpaired) electrons. The van der Waals surface area contributed by atoms with Gasteiger partial charge < -0.3 is 9.88 Å². The Morgan fingerprint density at radius 3 is 2.88 bits per heavy atom. The van der Waals surface area contributed by atoms with Gasteiger partial charge in [0.15, 0.2) is 0 Å². The number of fused-ring (bicyclic) bond motifs is 1. The first-order chi connectivity index (χ1) is 7.86. The summed E-state index contributed by atoms with van der Waals surface area (Å²) in [6.07, 6.45) is 8.37. The standard InChI is InChI=1S/C13H21N3/c1-3-16-8-7-15-13(16)12(14-2)11-9-5-4-6-10(9)11/h7-12,14H,3-6H2,1-2H3. The van der Waals surface area contributed by atoms with E-state index in [-0.39, 0.29) is 0 Å². The van der Waals surface area contributed by atoms with Crippen molar-refractivity contribution in [2.45, 2.75) is 38.8 Å². The van der Waals surface area contributed by atoms with Gasteiger partial charge in [0.05, 0.1) is 6.04 Å². The number of imidazole rings is 1. The van der Waals surface area contributed by atoms with Gasteiger partial charge in [0, 0.05) is 18.9 Å². The molecule has 2 aliphatic rings. The monoisotopic (exact) mass is 219 g/mol. The van der Waals surface area contributed by atoms with Crippen molar-refractivity contribution in [2.24, 2.45) is 17.8 Å². The highest BCUT2D eigenvalue weighted by molar-refractivity contribution is 5.13. The summed E-state index contributed by atoms with van der Waals surface area (Å²) in [5.41, 5.74) is 0. The molecule has 0 saturated heterocycles. The van der Waals surface area contributed by atoms with E-state index >= 15 is 0 Å². The van der Waals surface area contributed by atoms with E-state index in [2.05, 4.69) is 35.0 Å². The molecule has 2 aliphatic carbocycles. The van der Waals surface area contributed by atoms with Crippen LogP contribution in [-0.2, 0) is 6.54 Å². The van der Waals surface area contributed by atoms with Crippen LogP contribution in [0.5, 0.6) is 0 Å². The topological polar surface area (TPSA) is 29.9 Å². The average molecular weight is 219 g/mol. The average Bonchev–Trinajstić information content (AvgIpc) is 2.76. The number of hydrogen-bond acceptors (Lipinski definition) is 2. The zero-order chi connectivity index (χ0) is 11.1.